The first-order valence-electron chi connectivity index (χ1n) is 6.26. The van der Waals surface area contributed by atoms with E-state index in [4.69, 9.17) is 5.84 Å². The summed E-state index contributed by atoms with van der Waals surface area (Å²) >= 11 is 0. The Morgan fingerprint density at radius 1 is 1.37 bits per heavy atom. The van der Waals surface area contributed by atoms with Gasteiger partial charge in [0.2, 0.25) is 5.91 Å². The van der Waals surface area contributed by atoms with Gasteiger partial charge in [0.15, 0.2) is 5.82 Å². The van der Waals surface area contributed by atoms with Crippen LogP contribution in [0.25, 0.3) is 0 Å². The zero-order valence-corrected chi connectivity index (χ0v) is 11.8. The molecule has 0 radical (unpaired) electrons. The van der Waals surface area contributed by atoms with E-state index < -0.39 is 0 Å². The second-order valence-corrected chi connectivity index (χ2v) is 4.54. The van der Waals surface area contributed by atoms with Crippen LogP contribution in [0.3, 0.4) is 0 Å². The molecule has 7 heteroatoms. The maximum absolute atomic E-state index is 11.7. The predicted molar refractivity (Wildman–Crippen MR) is 74.1 cm³/mol. The van der Waals surface area contributed by atoms with Crippen LogP contribution in [0.15, 0.2) is 12.4 Å². The Morgan fingerprint density at radius 2 is 2.11 bits per heavy atom. The zero-order chi connectivity index (χ0) is 14.3. The SMILES string of the molecule is CCCN(CC(=O)N(C)C)Cc1cnc(NN)cn1. The molecule has 3 N–H and O–H groups in total. The van der Waals surface area contributed by atoms with E-state index >= 15 is 0 Å². The van der Waals surface area contributed by atoms with Crippen LogP contribution in [0.4, 0.5) is 5.82 Å². The van der Waals surface area contributed by atoms with E-state index in [-0.39, 0.29) is 5.91 Å². The number of rotatable bonds is 7. The van der Waals surface area contributed by atoms with Crippen molar-refractivity contribution in [1.82, 2.24) is 19.8 Å². The number of carbonyl (C=O) groups is 1. The first-order chi connectivity index (χ1) is 9.06. The number of carbonyl (C=O) groups excluding carboxylic acids is 1. The fourth-order valence-electron chi connectivity index (χ4n) is 1.60. The zero-order valence-electron chi connectivity index (χ0n) is 11.8. The molecule has 19 heavy (non-hydrogen) atoms. The average Bonchev–Trinajstić information content (AvgIpc) is 2.39. The quantitative estimate of drug-likeness (QED) is 0.536. The highest BCUT2D eigenvalue weighted by molar-refractivity contribution is 5.77. The van der Waals surface area contributed by atoms with Gasteiger partial charge in [0.25, 0.3) is 0 Å². The van der Waals surface area contributed by atoms with Crippen LogP contribution in [-0.4, -0.2) is 52.9 Å². The third-order valence-electron chi connectivity index (χ3n) is 2.64. The molecule has 0 fully saturated rings. The summed E-state index contributed by atoms with van der Waals surface area (Å²) in [6.45, 7) is 3.92. The number of amides is 1. The van der Waals surface area contributed by atoms with Gasteiger partial charge in [-0.3, -0.25) is 14.7 Å². The number of aromatic nitrogens is 2. The Balaban J connectivity index is 2.63. The van der Waals surface area contributed by atoms with Gasteiger partial charge in [-0.2, -0.15) is 0 Å². The van der Waals surface area contributed by atoms with Gasteiger partial charge in [0.05, 0.1) is 24.6 Å². The van der Waals surface area contributed by atoms with Crippen LogP contribution in [-0.2, 0) is 11.3 Å². The minimum absolute atomic E-state index is 0.0849. The highest BCUT2D eigenvalue weighted by Gasteiger charge is 2.12. The minimum atomic E-state index is 0.0849. The number of hydrazine groups is 1. The molecular formula is C12H22N6O. The fourth-order valence-corrected chi connectivity index (χ4v) is 1.60. The van der Waals surface area contributed by atoms with Gasteiger partial charge < -0.3 is 10.3 Å². The molecule has 0 aromatic carbocycles. The normalized spacial score (nSPS) is 10.6. The molecule has 0 saturated heterocycles. The van der Waals surface area contributed by atoms with Gasteiger partial charge >= 0.3 is 0 Å². The number of nitrogens with one attached hydrogen (secondary N) is 1. The number of nitrogen functional groups attached to an aromatic ring is 1. The molecule has 0 aliphatic carbocycles. The molecule has 0 unspecified atom stereocenters. The Morgan fingerprint density at radius 3 is 2.58 bits per heavy atom. The Kier molecular flexibility index (Phi) is 6.17. The number of anilines is 1. The van der Waals surface area contributed by atoms with E-state index in [1.54, 1.807) is 31.4 Å². The minimum Gasteiger partial charge on any atom is -0.348 e. The summed E-state index contributed by atoms with van der Waals surface area (Å²) in [7, 11) is 3.52. The molecule has 0 saturated carbocycles. The molecule has 0 aliphatic rings. The number of nitrogens with zero attached hydrogens (tertiary/aromatic N) is 4. The summed E-state index contributed by atoms with van der Waals surface area (Å²) in [5.41, 5.74) is 3.25. The summed E-state index contributed by atoms with van der Waals surface area (Å²) in [5, 5.41) is 0. The molecule has 0 bridgehead atoms. The van der Waals surface area contributed by atoms with Gasteiger partial charge in [-0.1, -0.05) is 6.92 Å². The van der Waals surface area contributed by atoms with E-state index in [9.17, 15) is 4.79 Å². The lowest BCUT2D eigenvalue weighted by Gasteiger charge is -2.22. The van der Waals surface area contributed by atoms with E-state index in [0.29, 0.717) is 18.9 Å². The van der Waals surface area contributed by atoms with Crippen molar-refractivity contribution in [2.45, 2.75) is 19.9 Å². The molecule has 1 amide bonds. The highest BCUT2D eigenvalue weighted by Crippen LogP contribution is 2.04. The third-order valence-corrected chi connectivity index (χ3v) is 2.64. The van der Waals surface area contributed by atoms with Gasteiger partial charge in [-0.25, -0.2) is 10.8 Å². The van der Waals surface area contributed by atoms with Crippen molar-refractivity contribution in [3.63, 3.8) is 0 Å². The summed E-state index contributed by atoms with van der Waals surface area (Å²) < 4.78 is 0. The number of nitrogens with two attached hydrogens (primary N) is 1. The molecule has 1 aromatic heterocycles. The van der Waals surface area contributed by atoms with Gasteiger partial charge in [0, 0.05) is 20.6 Å². The first kappa shape index (κ1) is 15.3. The Hall–Kier alpha value is -1.73. The molecule has 0 spiro atoms. The Bertz CT molecular complexity index is 392. The smallest absolute Gasteiger partial charge is 0.236 e. The topological polar surface area (TPSA) is 87.4 Å². The van der Waals surface area contributed by atoms with E-state index in [0.717, 1.165) is 18.7 Å². The van der Waals surface area contributed by atoms with Crippen LogP contribution < -0.4 is 11.3 Å². The van der Waals surface area contributed by atoms with Crippen LogP contribution in [0.5, 0.6) is 0 Å². The number of hydrogen-bond donors (Lipinski definition) is 2. The average molecular weight is 266 g/mol. The van der Waals surface area contributed by atoms with Crippen LogP contribution in [0, 0.1) is 0 Å². The van der Waals surface area contributed by atoms with E-state index in [1.165, 1.54) is 0 Å². The lowest BCUT2D eigenvalue weighted by molar-refractivity contribution is -0.130. The van der Waals surface area contributed by atoms with Crippen molar-refractivity contribution in [3.05, 3.63) is 18.1 Å². The summed E-state index contributed by atoms with van der Waals surface area (Å²) in [6, 6.07) is 0. The van der Waals surface area contributed by atoms with Crippen molar-refractivity contribution in [2.24, 2.45) is 5.84 Å². The fraction of sp³-hybridized carbons (Fsp3) is 0.583. The van der Waals surface area contributed by atoms with Crippen molar-refractivity contribution in [3.8, 4) is 0 Å². The standard InChI is InChI=1S/C12H22N6O/c1-4-5-18(9-12(19)17(2)3)8-10-6-15-11(16-13)7-14-10/h6-7H,4-5,8-9,13H2,1-3H3,(H,15,16). The molecule has 106 valence electrons. The maximum atomic E-state index is 11.7. The van der Waals surface area contributed by atoms with Crippen molar-refractivity contribution in [2.75, 3.05) is 32.6 Å². The summed E-state index contributed by atoms with van der Waals surface area (Å²) in [5.74, 6) is 5.84. The van der Waals surface area contributed by atoms with Crippen LogP contribution in [0.1, 0.15) is 19.0 Å². The monoisotopic (exact) mass is 266 g/mol. The Labute approximate surface area is 113 Å². The highest BCUT2D eigenvalue weighted by atomic mass is 16.2. The molecular weight excluding hydrogens is 244 g/mol. The largest absolute Gasteiger partial charge is 0.348 e. The lowest BCUT2D eigenvalue weighted by atomic mass is 10.3. The van der Waals surface area contributed by atoms with Gasteiger partial charge in [-0.05, 0) is 13.0 Å². The molecule has 0 aliphatic heterocycles. The van der Waals surface area contributed by atoms with E-state index in [1.807, 2.05) is 0 Å². The predicted octanol–water partition coefficient (Wildman–Crippen LogP) is 0.0624. The summed E-state index contributed by atoms with van der Waals surface area (Å²) in [6.07, 6.45) is 4.22. The maximum Gasteiger partial charge on any atom is 0.236 e. The third kappa shape index (κ3) is 5.19. The molecule has 7 nitrogen and oxygen atoms in total. The molecule has 0 atom stereocenters. The number of hydrogen-bond acceptors (Lipinski definition) is 6. The second-order valence-electron chi connectivity index (χ2n) is 4.54. The van der Waals surface area contributed by atoms with Crippen LogP contribution in [0.2, 0.25) is 0 Å². The van der Waals surface area contributed by atoms with E-state index in [2.05, 4.69) is 27.2 Å². The van der Waals surface area contributed by atoms with Crippen molar-refractivity contribution >= 4 is 11.7 Å². The molecule has 1 aromatic rings. The lowest BCUT2D eigenvalue weighted by Crippen LogP contribution is -2.36. The second kappa shape index (κ2) is 7.65. The molecule has 1 rings (SSSR count). The van der Waals surface area contributed by atoms with Crippen molar-refractivity contribution in [1.29, 1.82) is 0 Å². The van der Waals surface area contributed by atoms with Crippen LogP contribution >= 0.6 is 0 Å². The summed E-state index contributed by atoms with van der Waals surface area (Å²) in [4.78, 5) is 23.7. The van der Waals surface area contributed by atoms with Gasteiger partial charge in [-0.15, -0.1) is 0 Å². The number of likely N-dealkylation sites (N-methyl/N-ethyl adjacent to an activating group) is 1. The first-order valence-corrected chi connectivity index (χ1v) is 6.26. The van der Waals surface area contributed by atoms with Crippen molar-refractivity contribution < 1.29 is 4.79 Å². The van der Waals surface area contributed by atoms with Gasteiger partial charge in [0.1, 0.15) is 0 Å². The molecule has 1 heterocycles.